The van der Waals surface area contributed by atoms with Gasteiger partial charge in [-0.3, -0.25) is 0 Å². The first kappa shape index (κ1) is 20.3. The Hall–Kier alpha value is -1.39. The molecule has 0 spiro atoms. The first-order valence-corrected chi connectivity index (χ1v) is 10.7. The summed E-state index contributed by atoms with van der Waals surface area (Å²) in [5.74, 6) is 0.283. The lowest BCUT2D eigenvalue weighted by Gasteiger charge is -2.41. The second-order valence-electron chi connectivity index (χ2n) is 8.74. The Labute approximate surface area is 163 Å². The van der Waals surface area contributed by atoms with Gasteiger partial charge in [-0.15, -0.1) is 0 Å². The molecule has 1 aromatic rings. The molecule has 3 rings (SSSR count). The van der Waals surface area contributed by atoms with Crippen molar-refractivity contribution in [3.63, 3.8) is 0 Å². The lowest BCUT2D eigenvalue weighted by molar-refractivity contribution is -0.185. The van der Waals surface area contributed by atoms with Crippen LogP contribution in [0.4, 0.5) is 0 Å². The largest absolute Gasteiger partial charge is 0.460 e. The van der Waals surface area contributed by atoms with Crippen LogP contribution in [0.1, 0.15) is 64.4 Å². The van der Waals surface area contributed by atoms with Crippen LogP contribution in [0.25, 0.3) is 0 Å². The first-order chi connectivity index (χ1) is 13.0. The normalized spacial score (nSPS) is 21.6. The highest BCUT2D eigenvalue weighted by atomic mass is 16.6. The highest BCUT2D eigenvalue weighted by Crippen LogP contribution is 2.43. The van der Waals surface area contributed by atoms with Crippen molar-refractivity contribution in [2.45, 2.75) is 70.5 Å². The molecule has 4 heteroatoms. The van der Waals surface area contributed by atoms with Gasteiger partial charge in [-0.1, -0.05) is 50.6 Å². The highest BCUT2D eigenvalue weighted by molar-refractivity contribution is 5.82. The van der Waals surface area contributed by atoms with Crippen molar-refractivity contribution in [2.75, 3.05) is 19.6 Å². The second kappa shape index (κ2) is 9.20. The molecule has 1 saturated carbocycles. The number of hydrogen-bond acceptors (Lipinski definition) is 4. The summed E-state index contributed by atoms with van der Waals surface area (Å²) >= 11 is 0. The number of likely N-dealkylation sites (tertiary alicyclic amines) is 1. The van der Waals surface area contributed by atoms with E-state index in [1.54, 1.807) is 0 Å². The number of aliphatic hydroxyl groups is 1. The van der Waals surface area contributed by atoms with E-state index in [2.05, 4.69) is 18.7 Å². The van der Waals surface area contributed by atoms with Gasteiger partial charge in [0.15, 0.2) is 5.60 Å². The summed E-state index contributed by atoms with van der Waals surface area (Å²) in [6.45, 7) is 7.62. The number of nitrogens with zero attached hydrogens (tertiary/aromatic N) is 1. The topological polar surface area (TPSA) is 49.8 Å². The van der Waals surface area contributed by atoms with Gasteiger partial charge in [0.05, 0.1) is 0 Å². The van der Waals surface area contributed by atoms with Crippen LogP contribution < -0.4 is 0 Å². The molecule has 2 aliphatic rings. The Balaban J connectivity index is 1.54. The molecule has 1 N–H and O–H groups in total. The summed E-state index contributed by atoms with van der Waals surface area (Å²) in [6.07, 6.45) is 6.99. The molecule has 1 aliphatic heterocycles. The average molecular weight is 374 g/mol. The minimum absolute atomic E-state index is 0.0245. The lowest BCUT2D eigenvalue weighted by atomic mass is 9.69. The monoisotopic (exact) mass is 373 g/mol. The second-order valence-corrected chi connectivity index (χ2v) is 8.74. The van der Waals surface area contributed by atoms with Crippen LogP contribution in [0.5, 0.6) is 0 Å². The molecule has 0 bridgehead atoms. The van der Waals surface area contributed by atoms with Gasteiger partial charge >= 0.3 is 5.97 Å². The number of ether oxygens (including phenoxy) is 1. The van der Waals surface area contributed by atoms with Crippen LogP contribution in [0.15, 0.2) is 30.3 Å². The van der Waals surface area contributed by atoms with Crippen LogP contribution in [0.2, 0.25) is 0 Å². The van der Waals surface area contributed by atoms with Crippen molar-refractivity contribution in [3.8, 4) is 0 Å². The summed E-state index contributed by atoms with van der Waals surface area (Å²) in [5, 5.41) is 11.3. The summed E-state index contributed by atoms with van der Waals surface area (Å²) in [5.41, 5.74) is -0.820. The molecular formula is C23H35NO3. The average Bonchev–Trinajstić information content (AvgIpc) is 2.62. The Kier molecular flexibility index (Phi) is 6.93. The predicted molar refractivity (Wildman–Crippen MR) is 107 cm³/mol. The third kappa shape index (κ3) is 4.91. The molecule has 1 saturated heterocycles. The fourth-order valence-corrected chi connectivity index (χ4v) is 4.25. The molecule has 4 nitrogen and oxygen atoms in total. The number of carbonyl (C=O) groups excluding carboxylic acids is 1. The number of benzene rings is 1. The van der Waals surface area contributed by atoms with Gasteiger partial charge in [-0.25, -0.2) is 4.79 Å². The van der Waals surface area contributed by atoms with Crippen molar-refractivity contribution >= 4 is 5.97 Å². The SMILES string of the molecule is CC(C)CCCN1CCC(OC(=O)C(O)(c2ccccc2)C2CCC2)CC1. The third-order valence-electron chi connectivity index (χ3n) is 6.29. The number of hydrogen-bond donors (Lipinski definition) is 1. The Morgan fingerprint density at radius 3 is 2.41 bits per heavy atom. The van der Waals surface area contributed by atoms with Crippen molar-refractivity contribution < 1.29 is 14.6 Å². The zero-order valence-corrected chi connectivity index (χ0v) is 16.9. The first-order valence-electron chi connectivity index (χ1n) is 10.7. The Bertz CT molecular complexity index is 591. The van der Waals surface area contributed by atoms with Crippen molar-refractivity contribution in [1.82, 2.24) is 4.90 Å². The van der Waals surface area contributed by atoms with E-state index in [0.29, 0.717) is 5.56 Å². The fourth-order valence-electron chi connectivity index (χ4n) is 4.25. The van der Waals surface area contributed by atoms with Crippen molar-refractivity contribution in [3.05, 3.63) is 35.9 Å². The molecule has 150 valence electrons. The molecule has 1 unspecified atom stereocenters. The van der Waals surface area contributed by atoms with Crippen molar-refractivity contribution in [1.29, 1.82) is 0 Å². The van der Waals surface area contributed by atoms with Gasteiger partial charge in [0, 0.05) is 19.0 Å². The summed E-state index contributed by atoms with van der Waals surface area (Å²) < 4.78 is 5.84. The minimum atomic E-state index is -1.49. The van der Waals surface area contributed by atoms with E-state index in [9.17, 15) is 9.90 Å². The molecule has 27 heavy (non-hydrogen) atoms. The molecule has 0 radical (unpaired) electrons. The number of esters is 1. The molecule has 1 aliphatic carbocycles. The van der Waals surface area contributed by atoms with Crippen LogP contribution in [0, 0.1) is 11.8 Å². The number of rotatable bonds is 8. The van der Waals surface area contributed by atoms with Gasteiger partial charge in [0.25, 0.3) is 0 Å². The van der Waals surface area contributed by atoms with E-state index < -0.39 is 11.6 Å². The van der Waals surface area contributed by atoms with Gasteiger partial charge < -0.3 is 14.7 Å². The Morgan fingerprint density at radius 1 is 1.19 bits per heavy atom. The lowest BCUT2D eigenvalue weighted by Crippen LogP contribution is -2.49. The van der Waals surface area contributed by atoms with Gasteiger partial charge in [-0.05, 0) is 56.6 Å². The summed E-state index contributed by atoms with van der Waals surface area (Å²) in [7, 11) is 0. The van der Waals surface area contributed by atoms with Crippen LogP contribution in [0.3, 0.4) is 0 Å². The maximum Gasteiger partial charge on any atom is 0.343 e. The van der Waals surface area contributed by atoms with Gasteiger partial charge in [-0.2, -0.15) is 0 Å². The maximum absolute atomic E-state index is 13.0. The van der Waals surface area contributed by atoms with E-state index >= 15 is 0 Å². The van der Waals surface area contributed by atoms with E-state index in [1.165, 1.54) is 12.8 Å². The molecule has 0 aromatic heterocycles. The molecule has 2 fully saturated rings. The maximum atomic E-state index is 13.0. The van der Waals surface area contributed by atoms with Crippen LogP contribution in [-0.4, -0.2) is 41.7 Å². The van der Waals surface area contributed by atoms with E-state index in [-0.39, 0.29) is 12.0 Å². The molecular weight excluding hydrogens is 338 g/mol. The minimum Gasteiger partial charge on any atom is -0.460 e. The van der Waals surface area contributed by atoms with Gasteiger partial charge in [0.1, 0.15) is 6.10 Å². The smallest absolute Gasteiger partial charge is 0.343 e. The van der Waals surface area contributed by atoms with Crippen molar-refractivity contribution in [2.24, 2.45) is 11.8 Å². The number of carbonyl (C=O) groups is 1. The zero-order chi connectivity index (χ0) is 19.3. The van der Waals surface area contributed by atoms with E-state index in [1.807, 2.05) is 30.3 Å². The van der Waals surface area contributed by atoms with Crippen LogP contribution >= 0.6 is 0 Å². The van der Waals surface area contributed by atoms with Gasteiger partial charge in [0.2, 0.25) is 0 Å². The quantitative estimate of drug-likeness (QED) is 0.697. The van der Waals surface area contributed by atoms with Crippen LogP contribution in [-0.2, 0) is 15.1 Å². The fraction of sp³-hybridized carbons (Fsp3) is 0.696. The molecule has 1 aromatic carbocycles. The standard InChI is InChI=1S/C23H35NO3/c1-18(2)8-7-15-24-16-13-21(14-17-24)27-22(25)23(26,20-11-6-12-20)19-9-4-3-5-10-19/h3-5,9-10,18,20-21,26H,6-8,11-17H2,1-2H3. The third-order valence-corrected chi connectivity index (χ3v) is 6.29. The molecule has 0 amide bonds. The molecule has 1 atom stereocenters. The van der Waals surface area contributed by atoms with E-state index in [4.69, 9.17) is 4.74 Å². The summed E-state index contributed by atoms with van der Waals surface area (Å²) in [4.78, 5) is 15.5. The zero-order valence-electron chi connectivity index (χ0n) is 16.9. The predicted octanol–water partition coefficient (Wildman–Crippen LogP) is 4.12. The Morgan fingerprint density at radius 2 is 1.85 bits per heavy atom. The molecule has 1 heterocycles. The van der Waals surface area contributed by atoms with E-state index in [0.717, 1.165) is 57.7 Å². The number of piperidine rings is 1. The summed E-state index contributed by atoms with van der Waals surface area (Å²) in [6, 6.07) is 9.35. The highest BCUT2D eigenvalue weighted by Gasteiger charge is 2.49.